The first kappa shape index (κ1) is 29.5. The Balaban J connectivity index is 1.67. The number of hydrogen-bond acceptors (Lipinski definition) is 5. The molecule has 1 N–H and O–H groups in total. The molecule has 8 nitrogen and oxygen atoms in total. The SMILES string of the molecule is COc1ccc([C@@H]2CN(c3cccn(CCC(F)(F)F)c3=O)C(=O)C2NC(=O)c2ccc(OC(F)F)cc2)c(F)c1. The van der Waals surface area contributed by atoms with Crippen molar-refractivity contribution in [1.29, 1.82) is 0 Å². The van der Waals surface area contributed by atoms with Crippen LogP contribution in [0.4, 0.5) is 32.0 Å². The largest absolute Gasteiger partial charge is 0.497 e. The lowest BCUT2D eigenvalue weighted by Gasteiger charge is -2.19. The highest BCUT2D eigenvalue weighted by Gasteiger charge is 2.44. The molecule has 1 fully saturated rings. The second kappa shape index (κ2) is 11.9. The Morgan fingerprint density at radius 3 is 2.37 bits per heavy atom. The molecule has 0 bridgehead atoms. The van der Waals surface area contributed by atoms with Crippen molar-refractivity contribution >= 4 is 17.5 Å². The van der Waals surface area contributed by atoms with Crippen LogP contribution in [0.1, 0.15) is 28.3 Å². The zero-order chi connectivity index (χ0) is 29.9. The van der Waals surface area contributed by atoms with Gasteiger partial charge in [0, 0.05) is 36.8 Å². The van der Waals surface area contributed by atoms with Crippen LogP contribution in [0.15, 0.2) is 65.6 Å². The highest BCUT2D eigenvalue weighted by atomic mass is 19.4. The van der Waals surface area contributed by atoms with Crippen molar-refractivity contribution in [3.05, 3.63) is 88.1 Å². The molecule has 41 heavy (non-hydrogen) atoms. The minimum Gasteiger partial charge on any atom is -0.497 e. The Kier molecular flexibility index (Phi) is 8.59. The van der Waals surface area contributed by atoms with E-state index in [9.17, 15) is 36.3 Å². The number of benzene rings is 2. The highest BCUT2D eigenvalue weighted by Crippen LogP contribution is 2.34. The van der Waals surface area contributed by atoms with E-state index in [1.165, 1.54) is 43.5 Å². The molecule has 1 aliphatic heterocycles. The number of hydrogen-bond donors (Lipinski definition) is 1. The number of pyridine rings is 1. The number of rotatable bonds is 9. The fraction of sp³-hybridized carbons (Fsp3) is 0.296. The number of aromatic nitrogens is 1. The molecular weight excluding hydrogens is 560 g/mol. The normalized spacial score (nSPS) is 17.2. The number of aryl methyl sites for hydroxylation is 1. The van der Waals surface area contributed by atoms with Crippen molar-refractivity contribution in [2.45, 2.75) is 37.7 Å². The van der Waals surface area contributed by atoms with E-state index in [4.69, 9.17) is 4.74 Å². The summed E-state index contributed by atoms with van der Waals surface area (Å²) in [5, 5.41) is 2.51. The third-order valence-electron chi connectivity index (χ3n) is 6.48. The Labute approximate surface area is 229 Å². The van der Waals surface area contributed by atoms with Crippen molar-refractivity contribution in [2.24, 2.45) is 0 Å². The van der Waals surface area contributed by atoms with Crippen molar-refractivity contribution in [3.63, 3.8) is 0 Å². The molecule has 1 saturated heterocycles. The van der Waals surface area contributed by atoms with E-state index in [1.54, 1.807) is 0 Å². The number of nitrogens with zero attached hydrogens (tertiary/aromatic N) is 2. The zero-order valence-electron chi connectivity index (χ0n) is 21.3. The maximum absolute atomic E-state index is 15.1. The molecule has 4 rings (SSSR count). The number of halogens is 6. The summed E-state index contributed by atoms with van der Waals surface area (Å²) in [5.41, 5.74) is -1.13. The van der Waals surface area contributed by atoms with Crippen molar-refractivity contribution < 1.29 is 45.4 Å². The summed E-state index contributed by atoms with van der Waals surface area (Å²) in [6.07, 6.45) is -4.64. The first-order chi connectivity index (χ1) is 19.4. The van der Waals surface area contributed by atoms with Gasteiger partial charge in [0.05, 0.1) is 13.5 Å². The molecule has 1 unspecified atom stereocenters. The standard InChI is InChI=1S/C27H23F6N3O5/c1-40-17-8-9-18(20(28)13-17)19-14-36(21-3-2-11-35(24(21)38)12-10-27(31,32)33)25(39)22(19)34-23(37)15-4-6-16(7-5-15)41-26(29)30/h2-9,11,13,19,22,26H,10,12,14H2,1H3,(H,34,37)/t19-,22?/m0/s1. The Morgan fingerprint density at radius 1 is 1.07 bits per heavy atom. The van der Waals surface area contributed by atoms with Crippen LogP contribution in [0.3, 0.4) is 0 Å². The number of carbonyl (C=O) groups excluding carboxylic acids is 2. The van der Waals surface area contributed by atoms with Crippen LogP contribution < -0.4 is 25.2 Å². The van der Waals surface area contributed by atoms with Gasteiger partial charge in [-0.2, -0.15) is 22.0 Å². The van der Waals surface area contributed by atoms with Crippen LogP contribution in [-0.2, 0) is 11.3 Å². The second-order valence-electron chi connectivity index (χ2n) is 9.05. The zero-order valence-corrected chi connectivity index (χ0v) is 21.3. The summed E-state index contributed by atoms with van der Waals surface area (Å²) in [7, 11) is 1.33. The molecule has 2 aromatic carbocycles. The van der Waals surface area contributed by atoms with Gasteiger partial charge in [-0.15, -0.1) is 0 Å². The number of amides is 2. The lowest BCUT2D eigenvalue weighted by atomic mass is 9.93. The van der Waals surface area contributed by atoms with Crippen molar-refractivity contribution in [2.75, 3.05) is 18.6 Å². The molecule has 1 aromatic heterocycles. The third kappa shape index (κ3) is 6.81. The lowest BCUT2D eigenvalue weighted by molar-refractivity contribution is -0.136. The van der Waals surface area contributed by atoms with Gasteiger partial charge in [-0.25, -0.2) is 4.39 Å². The molecule has 2 heterocycles. The van der Waals surface area contributed by atoms with Gasteiger partial charge in [-0.05, 0) is 48.0 Å². The summed E-state index contributed by atoms with van der Waals surface area (Å²) in [4.78, 5) is 40.6. The van der Waals surface area contributed by atoms with Gasteiger partial charge < -0.3 is 24.3 Å². The molecule has 218 valence electrons. The third-order valence-corrected chi connectivity index (χ3v) is 6.48. The fourth-order valence-corrected chi connectivity index (χ4v) is 4.49. The molecule has 0 spiro atoms. The molecule has 1 aliphatic rings. The first-order valence-electron chi connectivity index (χ1n) is 12.1. The molecule has 3 aromatic rings. The number of alkyl halides is 5. The Morgan fingerprint density at radius 2 is 1.76 bits per heavy atom. The van der Waals surface area contributed by atoms with E-state index in [1.807, 2.05) is 0 Å². The van der Waals surface area contributed by atoms with Gasteiger partial charge in [0.15, 0.2) is 0 Å². The van der Waals surface area contributed by atoms with E-state index < -0.39 is 60.9 Å². The summed E-state index contributed by atoms with van der Waals surface area (Å²) in [6.45, 7) is -4.04. The minimum absolute atomic E-state index is 0.0148. The molecule has 2 amide bonds. The monoisotopic (exact) mass is 583 g/mol. The summed E-state index contributed by atoms with van der Waals surface area (Å²) < 4.78 is 88.3. The molecule has 0 saturated carbocycles. The van der Waals surface area contributed by atoms with E-state index >= 15 is 4.39 Å². The average molecular weight is 583 g/mol. The Bertz CT molecular complexity index is 1480. The van der Waals surface area contributed by atoms with Crippen LogP contribution in [0, 0.1) is 5.82 Å². The van der Waals surface area contributed by atoms with Crippen molar-refractivity contribution in [1.82, 2.24) is 9.88 Å². The van der Waals surface area contributed by atoms with E-state index in [0.29, 0.717) is 0 Å². The summed E-state index contributed by atoms with van der Waals surface area (Å²) >= 11 is 0. The predicted octanol–water partition coefficient (Wildman–Crippen LogP) is 4.48. The molecule has 0 aliphatic carbocycles. The number of methoxy groups -OCH3 is 1. The molecule has 14 heteroatoms. The van der Waals surface area contributed by atoms with E-state index in [-0.39, 0.29) is 34.9 Å². The minimum atomic E-state index is -4.52. The number of nitrogens with one attached hydrogen (secondary N) is 1. The number of carbonyl (C=O) groups is 2. The van der Waals surface area contributed by atoms with Gasteiger partial charge in [0.25, 0.3) is 11.5 Å². The fourth-order valence-electron chi connectivity index (χ4n) is 4.49. The first-order valence-corrected chi connectivity index (χ1v) is 12.1. The van der Waals surface area contributed by atoms with Crippen LogP contribution in [-0.4, -0.2) is 48.9 Å². The number of anilines is 1. The maximum Gasteiger partial charge on any atom is 0.390 e. The lowest BCUT2D eigenvalue weighted by Crippen LogP contribution is -2.44. The summed E-state index contributed by atoms with van der Waals surface area (Å²) in [5.74, 6) is -3.40. The van der Waals surface area contributed by atoms with Crippen molar-refractivity contribution in [3.8, 4) is 11.5 Å². The highest BCUT2D eigenvalue weighted by molar-refractivity contribution is 6.05. The average Bonchev–Trinajstić information content (AvgIpc) is 3.22. The van der Waals surface area contributed by atoms with Gasteiger partial charge in [-0.3, -0.25) is 14.4 Å². The summed E-state index contributed by atoms with van der Waals surface area (Å²) in [6, 6.07) is 9.65. The van der Waals surface area contributed by atoms with E-state index in [0.717, 1.165) is 33.9 Å². The quantitative estimate of drug-likeness (QED) is 0.376. The maximum atomic E-state index is 15.1. The van der Waals surface area contributed by atoms with Crippen LogP contribution >= 0.6 is 0 Å². The molecule has 2 atom stereocenters. The van der Waals surface area contributed by atoms with Crippen LogP contribution in [0.25, 0.3) is 0 Å². The second-order valence-corrected chi connectivity index (χ2v) is 9.05. The predicted molar refractivity (Wildman–Crippen MR) is 134 cm³/mol. The smallest absolute Gasteiger partial charge is 0.390 e. The van der Waals surface area contributed by atoms with E-state index in [2.05, 4.69) is 10.1 Å². The number of ether oxygens (including phenoxy) is 2. The van der Waals surface area contributed by atoms with Gasteiger partial charge >= 0.3 is 12.8 Å². The van der Waals surface area contributed by atoms with Crippen LogP contribution in [0.2, 0.25) is 0 Å². The van der Waals surface area contributed by atoms with Crippen LogP contribution in [0.5, 0.6) is 11.5 Å². The molecule has 0 radical (unpaired) electrons. The van der Waals surface area contributed by atoms with Gasteiger partial charge in [0.1, 0.15) is 29.0 Å². The molecular formula is C27H23F6N3O5. The van der Waals surface area contributed by atoms with Gasteiger partial charge in [0.2, 0.25) is 5.91 Å². The topological polar surface area (TPSA) is 89.9 Å². The Hall–Kier alpha value is -4.49. The van der Waals surface area contributed by atoms with Gasteiger partial charge in [-0.1, -0.05) is 6.07 Å².